The molecule has 0 spiro atoms. The van der Waals surface area contributed by atoms with Gasteiger partial charge in [-0.15, -0.1) is 0 Å². The minimum absolute atomic E-state index is 0.00133. The quantitative estimate of drug-likeness (QED) is 0.146. The normalized spacial score (nSPS) is 14.4. The van der Waals surface area contributed by atoms with Crippen LogP contribution in [-0.2, 0) is 30.4 Å². The third kappa shape index (κ3) is 8.29. The summed E-state index contributed by atoms with van der Waals surface area (Å²) >= 11 is 0. The molecule has 13 nitrogen and oxygen atoms in total. The minimum atomic E-state index is -1.41. The van der Waals surface area contributed by atoms with Gasteiger partial charge in [0.15, 0.2) is 0 Å². The lowest BCUT2D eigenvalue weighted by Crippen LogP contribution is -2.59. The van der Waals surface area contributed by atoms with Gasteiger partial charge in [0, 0.05) is 29.9 Å². The molecule has 2 aromatic rings. The second-order valence-electron chi connectivity index (χ2n) is 9.05. The van der Waals surface area contributed by atoms with Crippen molar-refractivity contribution < 1.29 is 34.2 Å². The Kier molecular flexibility index (Phi) is 10.6. The summed E-state index contributed by atoms with van der Waals surface area (Å²) in [6.45, 7) is 2.73. The van der Waals surface area contributed by atoms with Crippen molar-refractivity contribution in [3.05, 3.63) is 36.0 Å². The Labute approximate surface area is 213 Å². The number of hydrogen-bond acceptors (Lipinski definition) is 7. The Morgan fingerprint density at radius 3 is 2.22 bits per heavy atom. The molecule has 0 saturated heterocycles. The topological polar surface area (TPSA) is 230 Å². The van der Waals surface area contributed by atoms with Crippen LogP contribution in [0.25, 0.3) is 10.9 Å². The highest BCUT2D eigenvalue weighted by Crippen LogP contribution is 2.19. The molecule has 202 valence electrons. The van der Waals surface area contributed by atoms with Crippen LogP contribution in [0.3, 0.4) is 0 Å². The van der Waals surface area contributed by atoms with Gasteiger partial charge < -0.3 is 42.6 Å². The third-order valence-corrected chi connectivity index (χ3v) is 5.81. The number of carboxylic acid groups (broad SMARTS) is 1. The number of fused-ring (bicyclic) bond motifs is 1. The van der Waals surface area contributed by atoms with Crippen molar-refractivity contribution in [3.63, 3.8) is 0 Å². The average Bonchev–Trinajstić information content (AvgIpc) is 3.25. The molecule has 1 aromatic carbocycles. The predicted octanol–water partition coefficient (Wildman–Crippen LogP) is -1.51. The maximum Gasteiger partial charge on any atom is 0.326 e. The first kappa shape index (κ1) is 29.3. The molecule has 0 aliphatic heterocycles. The summed E-state index contributed by atoms with van der Waals surface area (Å²) in [6, 6.07) is 2.35. The monoisotopic (exact) mass is 518 g/mol. The molecule has 4 unspecified atom stereocenters. The van der Waals surface area contributed by atoms with Crippen LogP contribution in [0.1, 0.15) is 32.3 Å². The van der Waals surface area contributed by atoms with E-state index in [1.807, 2.05) is 24.3 Å². The molecule has 0 aliphatic rings. The highest BCUT2D eigenvalue weighted by Gasteiger charge is 2.32. The molecule has 1 aromatic heterocycles. The van der Waals surface area contributed by atoms with Crippen LogP contribution in [0.5, 0.6) is 0 Å². The van der Waals surface area contributed by atoms with Gasteiger partial charge in [0.05, 0.1) is 6.61 Å². The first-order valence-corrected chi connectivity index (χ1v) is 11.8. The highest BCUT2D eigenvalue weighted by molar-refractivity contribution is 5.95. The van der Waals surface area contributed by atoms with Crippen LogP contribution in [0, 0.1) is 5.92 Å². The number of aliphatic hydroxyl groups excluding tert-OH is 1. The van der Waals surface area contributed by atoms with E-state index in [1.165, 1.54) is 0 Å². The lowest BCUT2D eigenvalue weighted by atomic mass is 10.00. The summed E-state index contributed by atoms with van der Waals surface area (Å²) in [6.07, 6.45) is 1.19. The number of nitrogens with one attached hydrogen (secondary N) is 4. The van der Waals surface area contributed by atoms with Crippen LogP contribution >= 0.6 is 0 Å². The van der Waals surface area contributed by atoms with E-state index < -0.39 is 66.3 Å². The molecule has 0 aliphatic carbocycles. The molecule has 4 amide bonds. The lowest BCUT2D eigenvalue weighted by Gasteiger charge is -2.27. The van der Waals surface area contributed by atoms with Gasteiger partial charge in [-0.25, -0.2) is 4.79 Å². The summed E-state index contributed by atoms with van der Waals surface area (Å²) in [4.78, 5) is 64.4. The molecule has 13 heteroatoms. The second kappa shape index (κ2) is 13.4. The number of para-hydroxylation sites is 1. The van der Waals surface area contributed by atoms with E-state index in [-0.39, 0.29) is 19.3 Å². The molecule has 0 radical (unpaired) electrons. The molecule has 0 bridgehead atoms. The summed E-state index contributed by atoms with van der Waals surface area (Å²) in [5.74, 6) is -4.73. The first-order valence-electron chi connectivity index (χ1n) is 11.8. The van der Waals surface area contributed by atoms with Crippen LogP contribution in [0.15, 0.2) is 30.5 Å². The number of carbonyl (C=O) groups excluding carboxylic acids is 4. The summed E-state index contributed by atoms with van der Waals surface area (Å²) in [5.41, 5.74) is 12.1. The van der Waals surface area contributed by atoms with Gasteiger partial charge in [-0.05, 0) is 24.0 Å². The van der Waals surface area contributed by atoms with Crippen LogP contribution in [0.4, 0.5) is 0 Å². The number of aliphatic carboxylic acids is 1. The Bertz CT molecular complexity index is 1130. The Morgan fingerprint density at radius 1 is 0.973 bits per heavy atom. The molecular weight excluding hydrogens is 484 g/mol. The van der Waals surface area contributed by atoms with Crippen LogP contribution < -0.4 is 27.4 Å². The molecule has 0 fully saturated rings. The number of amides is 4. The zero-order valence-corrected chi connectivity index (χ0v) is 20.7. The minimum Gasteiger partial charge on any atom is -0.480 e. The van der Waals surface area contributed by atoms with Gasteiger partial charge in [0.2, 0.25) is 23.6 Å². The van der Waals surface area contributed by atoms with E-state index >= 15 is 0 Å². The Hall–Kier alpha value is -3.97. The number of carboxylic acids is 1. The number of hydrogen-bond donors (Lipinski definition) is 8. The summed E-state index contributed by atoms with van der Waals surface area (Å²) in [5, 5.41) is 26.9. The van der Waals surface area contributed by atoms with Gasteiger partial charge >= 0.3 is 5.97 Å². The van der Waals surface area contributed by atoms with Crippen molar-refractivity contribution in [3.8, 4) is 0 Å². The van der Waals surface area contributed by atoms with E-state index in [2.05, 4.69) is 20.9 Å². The number of rotatable bonds is 14. The van der Waals surface area contributed by atoms with Gasteiger partial charge in [0.25, 0.3) is 0 Å². The van der Waals surface area contributed by atoms with Gasteiger partial charge in [0.1, 0.15) is 24.2 Å². The van der Waals surface area contributed by atoms with Crippen molar-refractivity contribution in [2.24, 2.45) is 17.4 Å². The predicted molar refractivity (Wildman–Crippen MR) is 134 cm³/mol. The van der Waals surface area contributed by atoms with E-state index in [4.69, 9.17) is 16.6 Å². The van der Waals surface area contributed by atoms with E-state index in [0.29, 0.717) is 5.56 Å². The highest BCUT2D eigenvalue weighted by atomic mass is 16.4. The maximum absolute atomic E-state index is 13.2. The maximum atomic E-state index is 13.2. The fourth-order valence-electron chi connectivity index (χ4n) is 3.69. The largest absolute Gasteiger partial charge is 0.480 e. The number of aliphatic hydroxyl groups is 1. The van der Waals surface area contributed by atoms with Gasteiger partial charge in [-0.1, -0.05) is 32.0 Å². The SMILES string of the molecule is CC(C)C(NC(=O)C(N)CO)C(=O)NC(Cc1c[nH]c2ccccc12)C(=O)NC(CCC(N)=O)C(=O)O. The lowest BCUT2D eigenvalue weighted by molar-refractivity contribution is -0.142. The smallest absolute Gasteiger partial charge is 0.326 e. The number of primary amides is 1. The first-order chi connectivity index (χ1) is 17.4. The Balaban J connectivity index is 2.31. The molecule has 37 heavy (non-hydrogen) atoms. The van der Waals surface area contributed by atoms with E-state index in [9.17, 15) is 29.1 Å². The fourth-order valence-corrected chi connectivity index (χ4v) is 3.69. The zero-order chi connectivity index (χ0) is 27.7. The van der Waals surface area contributed by atoms with Crippen molar-refractivity contribution >= 4 is 40.5 Å². The third-order valence-electron chi connectivity index (χ3n) is 5.81. The van der Waals surface area contributed by atoms with Crippen LogP contribution in [0.2, 0.25) is 0 Å². The number of nitrogens with two attached hydrogens (primary N) is 2. The number of benzene rings is 1. The molecule has 4 atom stereocenters. The molecule has 2 rings (SSSR count). The number of aromatic amines is 1. The van der Waals surface area contributed by atoms with Crippen LogP contribution in [-0.4, -0.2) is 75.6 Å². The fraction of sp³-hybridized carbons (Fsp3) is 0.458. The standard InChI is InChI=1S/C24H34N6O7/c1-12(2)20(30-21(33)15(25)11-31)23(35)29-18(9-13-10-27-16-6-4-3-5-14(13)16)22(34)28-17(24(36)37)7-8-19(26)32/h3-6,10,12,15,17-18,20,27,31H,7-9,11,25H2,1-2H3,(H2,26,32)(H,28,34)(H,29,35)(H,30,33)(H,36,37). The number of aromatic nitrogens is 1. The average molecular weight is 519 g/mol. The number of H-pyrrole nitrogens is 1. The van der Waals surface area contributed by atoms with Crippen molar-refractivity contribution in [1.82, 2.24) is 20.9 Å². The number of carbonyl (C=O) groups is 5. The molecule has 1 heterocycles. The molecular formula is C24H34N6O7. The summed E-state index contributed by atoms with van der Waals surface area (Å²) < 4.78 is 0. The Morgan fingerprint density at radius 2 is 1.62 bits per heavy atom. The van der Waals surface area contributed by atoms with E-state index in [1.54, 1.807) is 20.0 Å². The summed E-state index contributed by atoms with van der Waals surface area (Å²) in [7, 11) is 0. The van der Waals surface area contributed by atoms with Crippen molar-refractivity contribution in [1.29, 1.82) is 0 Å². The molecule has 0 saturated carbocycles. The van der Waals surface area contributed by atoms with Gasteiger partial charge in [-0.2, -0.15) is 0 Å². The van der Waals surface area contributed by atoms with Crippen molar-refractivity contribution in [2.45, 2.75) is 57.3 Å². The zero-order valence-electron chi connectivity index (χ0n) is 20.7. The van der Waals surface area contributed by atoms with E-state index in [0.717, 1.165) is 10.9 Å². The van der Waals surface area contributed by atoms with Crippen molar-refractivity contribution in [2.75, 3.05) is 6.61 Å². The molecule has 10 N–H and O–H groups in total. The second-order valence-corrected chi connectivity index (χ2v) is 9.05. The van der Waals surface area contributed by atoms with Gasteiger partial charge in [-0.3, -0.25) is 19.2 Å².